The highest BCUT2D eigenvalue weighted by Crippen LogP contribution is 2.28. The second kappa shape index (κ2) is 7.14. The Bertz CT molecular complexity index is 574. The third kappa shape index (κ3) is 3.99. The second-order valence-corrected chi connectivity index (χ2v) is 4.63. The lowest BCUT2D eigenvalue weighted by Crippen LogP contribution is -2.29. The number of aromatic nitrogens is 2. The van der Waals surface area contributed by atoms with Gasteiger partial charge in [0, 0.05) is 31.4 Å². The van der Waals surface area contributed by atoms with Gasteiger partial charge in [-0.2, -0.15) is 8.78 Å². The number of nitrogens with two attached hydrogens (primary N) is 1. The van der Waals surface area contributed by atoms with Crippen LogP contribution in [0.2, 0.25) is 0 Å². The zero-order chi connectivity index (χ0) is 15.2. The maximum Gasteiger partial charge on any atom is 0.387 e. The molecule has 0 spiro atoms. The van der Waals surface area contributed by atoms with Gasteiger partial charge in [-0.15, -0.1) is 0 Å². The number of imidazole rings is 1. The number of hydrazine groups is 1. The summed E-state index contributed by atoms with van der Waals surface area (Å²) in [4.78, 5) is 4.23. The first-order valence-electron chi connectivity index (χ1n) is 6.58. The number of rotatable bonds is 7. The lowest BCUT2D eigenvalue weighted by atomic mass is 10.0. The zero-order valence-electron chi connectivity index (χ0n) is 11.7. The number of para-hydroxylation sites is 1. The summed E-state index contributed by atoms with van der Waals surface area (Å²) in [5.74, 6) is 6.60. The highest BCUT2D eigenvalue weighted by atomic mass is 19.3. The smallest absolute Gasteiger partial charge is 0.387 e. The van der Waals surface area contributed by atoms with Crippen LogP contribution in [0.1, 0.15) is 23.9 Å². The number of nitrogens with one attached hydrogen (secondary N) is 1. The van der Waals surface area contributed by atoms with Crippen molar-refractivity contribution in [2.24, 2.45) is 12.9 Å². The Labute approximate surface area is 121 Å². The molecule has 0 saturated heterocycles. The molecule has 0 fully saturated rings. The molecule has 0 amide bonds. The Morgan fingerprint density at radius 3 is 2.76 bits per heavy atom. The molecule has 3 N–H and O–H groups in total. The van der Waals surface area contributed by atoms with Crippen LogP contribution in [0.5, 0.6) is 5.75 Å². The number of aryl methyl sites for hydroxylation is 2. The fourth-order valence-electron chi connectivity index (χ4n) is 2.21. The first-order valence-corrected chi connectivity index (χ1v) is 6.58. The maximum absolute atomic E-state index is 12.4. The fourth-order valence-corrected chi connectivity index (χ4v) is 2.21. The van der Waals surface area contributed by atoms with E-state index in [1.807, 2.05) is 17.8 Å². The van der Waals surface area contributed by atoms with Gasteiger partial charge in [0.2, 0.25) is 0 Å². The van der Waals surface area contributed by atoms with Crippen molar-refractivity contribution >= 4 is 0 Å². The Hall–Kier alpha value is -1.99. The van der Waals surface area contributed by atoms with Crippen molar-refractivity contribution in [3.63, 3.8) is 0 Å². The number of hydrogen-bond donors (Lipinski definition) is 2. The molecule has 0 bridgehead atoms. The molecule has 0 aliphatic heterocycles. The molecular formula is C14H18F2N4O. The van der Waals surface area contributed by atoms with E-state index < -0.39 is 6.61 Å². The van der Waals surface area contributed by atoms with Gasteiger partial charge in [-0.25, -0.2) is 4.98 Å². The molecule has 0 aliphatic carbocycles. The largest absolute Gasteiger partial charge is 0.434 e. The highest BCUT2D eigenvalue weighted by Gasteiger charge is 2.17. The van der Waals surface area contributed by atoms with Crippen LogP contribution >= 0.6 is 0 Å². The molecule has 0 aliphatic rings. The van der Waals surface area contributed by atoms with Crippen molar-refractivity contribution in [3.8, 4) is 5.75 Å². The molecule has 1 aromatic carbocycles. The van der Waals surface area contributed by atoms with Crippen LogP contribution in [0.25, 0.3) is 0 Å². The summed E-state index contributed by atoms with van der Waals surface area (Å²) in [5, 5.41) is 0. The van der Waals surface area contributed by atoms with Gasteiger partial charge in [0.05, 0.1) is 6.04 Å². The number of benzene rings is 1. The van der Waals surface area contributed by atoms with Crippen molar-refractivity contribution in [1.29, 1.82) is 0 Å². The minimum atomic E-state index is -2.86. The van der Waals surface area contributed by atoms with Crippen LogP contribution in [0.3, 0.4) is 0 Å². The molecule has 0 radical (unpaired) electrons. The topological polar surface area (TPSA) is 65.1 Å². The van der Waals surface area contributed by atoms with Gasteiger partial charge in [-0.05, 0) is 12.5 Å². The van der Waals surface area contributed by atoms with Crippen LogP contribution < -0.4 is 16.0 Å². The molecular weight excluding hydrogens is 278 g/mol. The van der Waals surface area contributed by atoms with Gasteiger partial charge in [0.15, 0.2) is 0 Å². The summed E-state index contributed by atoms with van der Waals surface area (Å²) in [6, 6.07) is 6.34. The molecule has 114 valence electrons. The third-order valence-electron chi connectivity index (χ3n) is 3.29. The average molecular weight is 296 g/mol. The molecule has 0 saturated carbocycles. The van der Waals surface area contributed by atoms with E-state index in [4.69, 9.17) is 5.84 Å². The van der Waals surface area contributed by atoms with Gasteiger partial charge < -0.3 is 9.30 Å². The van der Waals surface area contributed by atoms with Crippen LogP contribution in [0, 0.1) is 0 Å². The van der Waals surface area contributed by atoms with E-state index in [1.54, 1.807) is 24.4 Å². The summed E-state index contributed by atoms with van der Waals surface area (Å²) in [5.41, 5.74) is 3.26. The minimum absolute atomic E-state index is 0.135. The first-order chi connectivity index (χ1) is 10.1. The number of nitrogens with zero attached hydrogens (tertiary/aromatic N) is 2. The van der Waals surface area contributed by atoms with Crippen molar-refractivity contribution in [2.75, 3.05) is 0 Å². The van der Waals surface area contributed by atoms with E-state index in [-0.39, 0.29) is 11.8 Å². The molecule has 7 heteroatoms. The standard InChI is InChI=1S/C14H18F2N4O/c1-20-9-8-18-13(20)7-6-11(19-17)10-4-2-3-5-12(10)21-14(15)16/h2-5,8-9,11,14,19H,6-7,17H2,1H3. The Morgan fingerprint density at radius 1 is 1.38 bits per heavy atom. The normalized spacial score (nSPS) is 12.6. The Morgan fingerprint density at radius 2 is 2.14 bits per heavy atom. The van der Waals surface area contributed by atoms with Gasteiger partial charge in [0.25, 0.3) is 0 Å². The number of hydrogen-bond acceptors (Lipinski definition) is 4. The molecule has 1 heterocycles. The third-order valence-corrected chi connectivity index (χ3v) is 3.29. The Balaban J connectivity index is 2.12. The first kappa shape index (κ1) is 15.4. The van der Waals surface area contributed by atoms with Gasteiger partial charge in [-0.3, -0.25) is 11.3 Å². The van der Waals surface area contributed by atoms with E-state index in [0.29, 0.717) is 18.4 Å². The molecule has 5 nitrogen and oxygen atoms in total. The summed E-state index contributed by atoms with van der Waals surface area (Å²) in [6.07, 6.45) is 4.86. The molecule has 1 unspecified atom stereocenters. The van der Waals surface area contributed by atoms with E-state index in [2.05, 4.69) is 15.1 Å². The van der Waals surface area contributed by atoms with Crippen LogP contribution in [-0.2, 0) is 13.5 Å². The number of alkyl halides is 2. The van der Waals surface area contributed by atoms with Crippen LogP contribution in [0.4, 0.5) is 8.78 Å². The van der Waals surface area contributed by atoms with E-state index >= 15 is 0 Å². The summed E-state index contributed by atoms with van der Waals surface area (Å²) < 4.78 is 31.3. The van der Waals surface area contributed by atoms with E-state index in [9.17, 15) is 8.78 Å². The molecule has 1 aromatic heterocycles. The fraction of sp³-hybridized carbons (Fsp3) is 0.357. The maximum atomic E-state index is 12.4. The predicted octanol–water partition coefficient (Wildman–Crippen LogP) is 2.16. The van der Waals surface area contributed by atoms with Crippen LogP contribution in [0.15, 0.2) is 36.7 Å². The molecule has 1 atom stereocenters. The minimum Gasteiger partial charge on any atom is -0.434 e. The number of ether oxygens (including phenoxy) is 1. The summed E-state index contributed by atoms with van der Waals surface area (Å²) >= 11 is 0. The van der Waals surface area contributed by atoms with Crippen molar-refractivity contribution in [2.45, 2.75) is 25.5 Å². The molecule has 2 rings (SSSR count). The van der Waals surface area contributed by atoms with Gasteiger partial charge >= 0.3 is 6.61 Å². The van der Waals surface area contributed by atoms with Crippen molar-refractivity contribution in [1.82, 2.24) is 15.0 Å². The van der Waals surface area contributed by atoms with E-state index in [1.165, 1.54) is 6.07 Å². The average Bonchev–Trinajstić information content (AvgIpc) is 2.86. The van der Waals surface area contributed by atoms with E-state index in [0.717, 1.165) is 5.82 Å². The number of halogens is 2. The Kier molecular flexibility index (Phi) is 5.24. The SMILES string of the molecule is Cn1ccnc1CCC(NN)c1ccccc1OC(F)F. The monoisotopic (exact) mass is 296 g/mol. The molecule has 21 heavy (non-hydrogen) atoms. The summed E-state index contributed by atoms with van der Waals surface area (Å²) in [6.45, 7) is -2.86. The van der Waals surface area contributed by atoms with Crippen LogP contribution in [-0.4, -0.2) is 16.2 Å². The van der Waals surface area contributed by atoms with Crippen molar-refractivity contribution in [3.05, 3.63) is 48.0 Å². The summed E-state index contributed by atoms with van der Waals surface area (Å²) in [7, 11) is 1.90. The second-order valence-electron chi connectivity index (χ2n) is 4.63. The molecule has 2 aromatic rings. The van der Waals surface area contributed by atoms with Crippen molar-refractivity contribution < 1.29 is 13.5 Å². The van der Waals surface area contributed by atoms with Gasteiger partial charge in [0.1, 0.15) is 11.6 Å². The quantitative estimate of drug-likeness (QED) is 0.607. The zero-order valence-corrected chi connectivity index (χ0v) is 11.7. The predicted molar refractivity (Wildman–Crippen MR) is 74.7 cm³/mol. The lowest BCUT2D eigenvalue weighted by Gasteiger charge is -2.19. The highest BCUT2D eigenvalue weighted by molar-refractivity contribution is 5.36. The van der Waals surface area contributed by atoms with Gasteiger partial charge in [-0.1, -0.05) is 18.2 Å². The lowest BCUT2D eigenvalue weighted by molar-refractivity contribution is -0.0507.